The number of thiophene rings is 1. The molecule has 0 aliphatic carbocycles. The molecule has 0 bridgehead atoms. The van der Waals surface area contributed by atoms with E-state index in [2.05, 4.69) is 5.32 Å². The Morgan fingerprint density at radius 3 is 2.37 bits per heavy atom. The Labute approximate surface area is 117 Å². The van der Waals surface area contributed by atoms with Gasteiger partial charge in [0.05, 0.1) is 6.04 Å². The fourth-order valence-electron chi connectivity index (χ4n) is 1.61. The standard InChI is InChI=1S/C13H12F3NS2/c1-9(12-3-2-8-18-12)17-10-4-6-11(7-5-10)19-13(14,15)16/h2-9,17H,1H3. The monoisotopic (exact) mass is 303 g/mol. The average molecular weight is 303 g/mol. The number of alkyl halides is 3. The van der Waals surface area contributed by atoms with E-state index >= 15 is 0 Å². The van der Waals surface area contributed by atoms with Crippen LogP contribution in [0.4, 0.5) is 18.9 Å². The van der Waals surface area contributed by atoms with E-state index in [4.69, 9.17) is 0 Å². The molecule has 19 heavy (non-hydrogen) atoms. The summed E-state index contributed by atoms with van der Waals surface area (Å²) < 4.78 is 36.6. The van der Waals surface area contributed by atoms with E-state index in [0.29, 0.717) is 0 Å². The van der Waals surface area contributed by atoms with Crippen molar-refractivity contribution in [1.82, 2.24) is 0 Å². The Morgan fingerprint density at radius 1 is 1.16 bits per heavy atom. The summed E-state index contributed by atoms with van der Waals surface area (Å²) in [6.45, 7) is 2.02. The van der Waals surface area contributed by atoms with Crippen molar-refractivity contribution in [3.63, 3.8) is 0 Å². The molecule has 2 aromatic rings. The highest BCUT2D eigenvalue weighted by Crippen LogP contribution is 2.37. The van der Waals surface area contributed by atoms with Gasteiger partial charge in [0.25, 0.3) is 0 Å². The summed E-state index contributed by atoms with van der Waals surface area (Å²) in [4.78, 5) is 1.38. The van der Waals surface area contributed by atoms with Gasteiger partial charge in [-0.15, -0.1) is 11.3 Å². The predicted octanol–water partition coefficient (Wildman–Crippen LogP) is 5.53. The molecule has 1 heterocycles. The molecule has 0 aliphatic rings. The van der Waals surface area contributed by atoms with Crippen molar-refractivity contribution in [2.24, 2.45) is 0 Å². The molecule has 2 rings (SSSR count). The first-order valence-corrected chi connectivity index (χ1v) is 7.29. The van der Waals surface area contributed by atoms with E-state index < -0.39 is 5.51 Å². The molecule has 0 saturated carbocycles. The number of halogens is 3. The summed E-state index contributed by atoms with van der Waals surface area (Å²) in [5.41, 5.74) is -3.42. The van der Waals surface area contributed by atoms with Gasteiger partial charge in [0.1, 0.15) is 0 Å². The summed E-state index contributed by atoms with van der Waals surface area (Å²) in [7, 11) is 0. The lowest BCUT2D eigenvalue weighted by Gasteiger charge is -2.14. The number of anilines is 1. The SMILES string of the molecule is CC(Nc1ccc(SC(F)(F)F)cc1)c1cccs1. The van der Waals surface area contributed by atoms with Gasteiger partial charge in [-0.1, -0.05) is 6.07 Å². The summed E-state index contributed by atoms with van der Waals surface area (Å²) in [6, 6.07) is 10.4. The van der Waals surface area contributed by atoms with Crippen molar-refractivity contribution in [2.75, 3.05) is 5.32 Å². The van der Waals surface area contributed by atoms with Gasteiger partial charge in [0.15, 0.2) is 0 Å². The van der Waals surface area contributed by atoms with Crippen LogP contribution >= 0.6 is 23.1 Å². The van der Waals surface area contributed by atoms with E-state index in [1.807, 2.05) is 24.4 Å². The highest BCUT2D eigenvalue weighted by atomic mass is 32.2. The molecule has 0 saturated heterocycles. The molecule has 1 N–H and O–H groups in total. The van der Waals surface area contributed by atoms with Crippen molar-refractivity contribution in [3.8, 4) is 0 Å². The third-order valence-corrected chi connectivity index (χ3v) is 4.24. The Hall–Kier alpha value is -1.14. The minimum absolute atomic E-state index is 0.0996. The summed E-state index contributed by atoms with van der Waals surface area (Å²) in [5.74, 6) is 0. The Balaban J connectivity index is 1.99. The smallest absolute Gasteiger partial charge is 0.378 e. The maximum atomic E-state index is 12.2. The highest BCUT2D eigenvalue weighted by molar-refractivity contribution is 8.00. The van der Waals surface area contributed by atoms with Crippen LogP contribution < -0.4 is 5.32 Å². The molecule has 102 valence electrons. The van der Waals surface area contributed by atoms with Crippen LogP contribution in [0.5, 0.6) is 0 Å². The van der Waals surface area contributed by atoms with E-state index in [0.717, 1.165) is 5.69 Å². The van der Waals surface area contributed by atoms with E-state index in [1.165, 1.54) is 17.0 Å². The van der Waals surface area contributed by atoms with Gasteiger partial charge < -0.3 is 5.32 Å². The molecular formula is C13H12F3NS2. The van der Waals surface area contributed by atoms with Crippen LogP contribution in [-0.2, 0) is 0 Å². The molecule has 6 heteroatoms. The third kappa shape index (κ3) is 4.47. The van der Waals surface area contributed by atoms with Gasteiger partial charge >= 0.3 is 5.51 Å². The van der Waals surface area contributed by atoms with E-state index in [-0.39, 0.29) is 22.7 Å². The van der Waals surface area contributed by atoms with Crippen molar-refractivity contribution in [2.45, 2.75) is 23.4 Å². The molecule has 1 aromatic carbocycles. The Morgan fingerprint density at radius 2 is 1.84 bits per heavy atom. The summed E-state index contributed by atoms with van der Waals surface area (Å²) in [6.07, 6.45) is 0. The zero-order chi connectivity index (χ0) is 13.9. The molecule has 1 aromatic heterocycles. The van der Waals surface area contributed by atoms with Gasteiger partial charge in [-0.2, -0.15) is 13.2 Å². The number of benzene rings is 1. The molecule has 0 fully saturated rings. The number of thioether (sulfide) groups is 1. The lowest BCUT2D eigenvalue weighted by Crippen LogP contribution is -2.04. The fourth-order valence-corrected chi connectivity index (χ4v) is 2.89. The second-order valence-electron chi connectivity index (χ2n) is 3.95. The van der Waals surface area contributed by atoms with Gasteiger partial charge in [0, 0.05) is 15.5 Å². The second kappa shape index (κ2) is 5.88. The average Bonchev–Trinajstić information content (AvgIpc) is 2.83. The van der Waals surface area contributed by atoms with Gasteiger partial charge in [-0.3, -0.25) is 0 Å². The van der Waals surface area contributed by atoms with Crippen LogP contribution in [0, 0.1) is 0 Å². The highest BCUT2D eigenvalue weighted by Gasteiger charge is 2.28. The second-order valence-corrected chi connectivity index (χ2v) is 6.07. The van der Waals surface area contributed by atoms with Gasteiger partial charge in [0.2, 0.25) is 0 Å². The maximum absolute atomic E-state index is 12.2. The summed E-state index contributed by atoms with van der Waals surface area (Å²) >= 11 is 1.55. The quantitative estimate of drug-likeness (QED) is 0.745. The van der Waals surface area contributed by atoms with Crippen LogP contribution in [0.3, 0.4) is 0 Å². The van der Waals surface area contributed by atoms with Crippen LogP contribution in [0.2, 0.25) is 0 Å². The number of rotatable bonds is 4. The molecule has 1 unspecified atom stereocenters. The topological polar surface area (TPSA) is 12.0 Å². The van der Waals surface area contributed by atoms with Gasteiger partial charge in [-0.05, 0) is 54.4 Å². The molecule has 0 radical (unpaired) electrons. The molecular weight excluding hydrogens is 291 g/mol. The molecule has 1 nitrogen and oxygen atoms in total. The van der Waals surface area contributed by atoms with Crippen LogP contribution in [0.15, 0.2) is 46.7 Å². The molecule has 0 spiro atoms. The normalized spacial score (nSPS) is 13.3. The Kier molecular flexibility index (Phi) is 4.42. The predicted molar refractivity (Wildman–Crippen MR) is 74.7 cm³/mol. The van der Waals surface area contributed by atoms with E-state index in [1.54, 1.807) is 23.5 Å². The number of nitrogens with one attached hydrogen (secondary N) is 1. The first-order chi connectivity index (χ1) is 8.94. The Bertz CT molecular complexity index is 506. The van der Waals surface area contributed by atoms with Crippen molar-refractivity contribution in [1.29, 1.82) is 0 Å². The molecule has 0 aliphatic heterocycles. The van der Waals surface area contributed by atoms with Crippen molar-refractivity contribution >= 4 is 28.8 Å². The van der Waals surface area contributed by atoms with Crippen molar-refractivity contribution in [3.05, 3.63) is 46.7 Å². The maximum Gasteiger partial charge on any atom is 0.446 e. The van der Waals surface area contributed by atoms with Crippen molar-refractivity contribution < 1.29 is 13.2 Å². The third-order valence-electron chi connectivity index (χ3n) is 2.44. The zero-order valence-corrected chi connectivity index (χ0v) is 11.7. The van der Waals surface area contributed by atoms with Crippen LogP contribution in [0.25, 0.3) is 0 Å². The molecule has 0 amide bonds. The molecule has 1 atom stereocenters. The van der Waals surface area contributed by atoms with E-state index in [9.17, 15) is 13.2 Å². The minimum atomic E-state index is -4.24. The number of hydrogen-bond donors (Lipinski definition) is 1. The lowest BCUT2D eigenvalue weighted by atomic mass is 10.2. The first-order valence-electron chi connectivity index (χ1n) is 5.60. The minimum Gasteiger partial charge on any atom is -0.378 e. The summed E-state index contributed by atoms with van der Waals surface area (Å²) in [5, 5.41) is 5.25. The van der Waals surface area contributed by atoms with Crippen LogP contribution in [0.1, 0.15) is 17.8 Å². The fraction of sp³-hybridized carbons (Fsp3) is 0.231. The van der Waals surface area contributed by atoms with Crippen LogP contribution in [-0.4, -0.2) is 5.51 Å². The first kappa shape index (κ1) is 14.3. The zero-order valence-electron chi connectivity index (χ0n) is 10.1. The lowest BCUT2D eigenvalue weighted by molar-refractivity contribution is -0.0328. The van der Waals surface area contributed by atoms with Gasteiger partial charge in [-0.25, -0.2) is 0 Å². The largest absolute Gasteiger partial charge is 0.446 e. The number of hydrogen-bond acceptors (Lipinski definition) is 3.